The summed E-state index contributed by atoms with van der Waals surface area (Å²) in [6.45, 7) is 1.56. The summed E-state index contributed by atoms with van der Waals surface area (Å²) in [5, 5.41) is 19.3. The molecule has 6 heteroatoms. The predicted octanol–water partition coefficient (Wildman–Crippen LogP) is -0.0364. The molecule has 2 saturated heterocycles. The number of epoxide rings is 2. The van der Waals surface area contributed by atoms with Crippen LogP contribution in [-0.2, 0) is 9.47 Å². The Morgan fingerprint density at radius 2 is 1.45 bits per heavy atom. The number of rotatable bonds is 8. The summed E-state index contributed by atoms with van der Waals surface area (Å²) < 4.78 is 20.9. The van der Waals surface area contributed by atoms with Gasteiger partial charge in [0.05, 0.1) is 13.2 Å². The third-order valence-corrected chi connectivity index (χ3v) is 3.22. The van der Waals surface area contributed by atoms with Crippen molar-refractivity contribution in [2.75, 3.05) is 26.4 Å². The molecule has 0 aromatic heterocycles. The zero-order valence-corrected chi connectivity index (χ0v) is 11.0. The van der Waals surface area contributed by atoms with E-state index in [1.807, 2.05) is 0 Å². The van der Waals surface area contributed by atoms with E-state index in [4.69, 9.17) is 18.9 Å². The van der Waals surface area contributed by atoms with Gasteiger partial charge in [-0.05, 0) is 12.1 Å². The molecular weight excluding hydrogens is 264 g/mol. The highest BCUT2D eigenvalue weighted by atomic mass is 16.6. The first-order valence-corrected chi connectivity index (χ1v) is 6.67. The van der Waals surface area contributed by atoms with Gasteiger partial charge in [0.15, 0.2) is 0 Å². The Kier molecular flexibility index (Phi) is 4.07. The van der Waals surface area contributed by atoms with Gasteiger partial charge in [-0.2, -0.15) is 0 Å². The Morgan fingerprint density at radius 3 is 1.85 bits per heavy atom. The summed E-state index contributed by atoms with van der Waals surface area (Å²) >= 11 is 0. The fourth-order valence-electron chi connectivity index (χ4n) is 1.79. The SMILES string of the molecule is OC(COc1cccc(OCC(O)C2CO2)c1)C1CO1. The second-order valence-electron chi connectivity index (χ2n) is 4.98. The van der Waals surface area contributed by atoms with Gasteiger partial charge in [0, 0.05) is 6.07 Å². The van der Waals surface area contributed by atoms with Gasteiger partial charge in [-0.25, -0.2) is 0 Å². The molecule has 3 rings (SSSR count). The average Bonchev–Trinajstić information content (AvgIpc) is 3.31. The first-order valence-electron chi connectivity index (χ1n) is 6.67. The van der Waals surface area contributed by atoms with Crippen molar-refractivity contribution in [3.63, 3.8) is 0 Å². The Morgan fingerprint density at radius 1 is 1.00 bits per heavy atom. The average molecular weight is 282 g/mol. The molecule has 1 aromatic carbocycles. The summed E-state index contributed by atoms with van der Waals surface area (Å²) in [5.41, 5.74) is 0. The van der Waals surface area contributed by atoms with E-state index in [1.54, 1.807) is 24.3 Å². The van der Waals surface area contributed by atoms with Crippen molar-refractivity contribution in [1.29, 1.82) is 0 Å². The first-order chi connectivity index (χ1) is 9.72. The molecule has 0 saturated carbocycles. The van der Waals surface area contributed by atoms with E-state index >= 15 is 0 Å². The molecule has 2 heterocycles. The molecule has 0 bridgehead atoms. The molecule has 6 nitrogen and oxygen atoms in total. The minimum absolute atomic E-state index is 0.0943. The maximum Gasteiger partial charge on any atom is 0.123 e. The van der Waals surface area contributed by atoms with Gasteiger partial charge in [-0.3, -0.25) is 0 Å². The van der Waals surface area contributed by atoms with E-state index in [0.29, 0.717) is 24.7 Å². The lowest BCUT2D eigenvalue weighted by Crippen LogP contribution is -2.24. The van der Waals surface area contributed by atoms with Crippen LogP contribution in [0.1, 0.15) is 0 Å². The summed E-state index contributed by atoms with van der Waals surface area (Å²) in [6.07, 6.45) is -1.40. The van der Waals surface area contributed by atoms with Crippen LogP contribution in [0.2, 0.25) is 0 Å². The van der Waals surface area contributed by atoms with Crippen LogP contribution in [0.15, 0.2) is 24.3 Å². The minimum atomic E-state index is -0.603. The maximum atomic E-state index is 9.64. The predicted molar refractivity (Wildman–Crippen MR) is 68.9 cm³/mol. The second kappa shape index (κ2) is 5.97. The summed E-state index contributed by atoms with van der Waals surface area (Å²) in [4.78, 5) is 0. The van der Waals surface area contributed by atoms with Crippen molar-refractivity contribution >= 4 is 0 Å². The highest BCUT2D eigenvalue weighted by molar-refractivity contribution is 5.33. The van der Waals surface area contributed by atoms with Crippen LogP contribution in [0.5, 0.6) is 11.5 Å². The number of aliphatic hydroxyl groups is 2. The lowest BCUT2D eigenvalue weighted by Gasteiger charge is -2.13. The number of hydrogen-bond acceptors (Lipinski definition) is 6. The van der Waals surface area contributed by atoms with Gasteiger partial charge in [-0.15, -0.1) is 0 Å². The van der Waals surface area contributed by atoms with E-state index in [-0.39, 0.29) is 25.4 Å². The molecule has 0 radical (unpaired) electrons. The van der Waals surface area contributed by atoms with Gasteiger partial charge in [0.25, 0.3) is 0 Å². The summed E-state index contributed by atoms with van der Waals surface area (Å²) in [6, 6.07) is 7.09. The Balaban J connectivity index is 1.46. The van der Waals surface area contributed by atoms with Crippen LogP contribution < -0.4 is 9.47 Å². The minimum Gasteiger partial charge on any atom is -0.491 e. The number of aliphatic hydroxyl groups excluding tert-OH is 2. The van der Waals surface area contributed by atoms with E-state index in [0.717, 1.165) is 0 Å². The molecule has 0 spiro atoms. The van der Waals surface area contributed by atoms with Crippen LogP contribution in [0.3, 0.4) is 0 Å². The fraction of sp³-hybridized carbons (Fsp3) is 0.571. The van der Waals surface area contributed by atoms with Gasteiger partial charge >= 0.3 is 0 Å². The zero-order chi connectivity index (χ0) is 13.9. The molecular formula is C14H18O6. The molecule has 0 aliphatic carbocycles. The highest BCUT2D eigenvalue weighted by Crippen LogP contribution is 2.22. The van der Waals surface area contributed by atoms with Crippen LogP contribution in [-0.4, -0.2) is 61.1 Å². The smallest absolute Gasteiger partial charge is 0.123 e. The number of hydrogen-bond donors (Lipinski definition) is 2. The Hall–Kier alpha value is -1.34. The van der Waals surface area contributed by atoms with Gasteiger partial charge in [-0.1, -0.05) is 6.07 Å². The van der Waals surface area contributed by atoms with Crippen molar-refractivity contribution in [3.05, 3.63) is 24.3 Å². The second-order valence-corrected chi connectivity index (χ2v) is 4.98. The number of benzene rings is 1. The Labute approximate surface area is 116 Å². The maximum absolute atomic E-state index is 9.64. The molecule has 4 atom stereocenters. The zero-order valence-electron chi connectivity index (χ0n) is 11.0. The standard InChI is InChI=1S/C14H18O6/c15-11(13-7-19-13)5-17-9-2-1-3-10(4-9)18-6-12(16)14-8-20-14/h1-4,11-16H,5-8H2. The third-order valence-electron chi connectivity index (χ3n) is 3.22. The van der Waals surface area contributed by atoms with Gasteiger partial charge in [0.2, 0.25) is 0 Å². The molecule has 2 N–H and O–H groups in total. The molecule has 4 unspecified atom stereocenters. The van der Waals surface area contributed by atoms with Crippen molar-refractivity contribution < 1.29 is 29.2 Å². The molecule has 1 aromatic rings. The largest absolute Gasteiger partial charge is 0.491 e. The van der Waals surface area contributed by atoms with Crippen LogP contribution in [0.25, 0.3) is 0 Å². The van der Waals surface area contributed by atoms with Gasteiger partial charge in [0.1, 0.15) is 49.1 Å². The topological polar surface area (TPSA) is 84.0 Å². The normalized spacial score (nSPS) is 26.7. The quantitative estimate of drug-likeness (QED) is 0.651. The van der Waals surface area contributed by atoms with Crippen molar-refractivity contribution in [1.82, 2.24) is 0 Å². The molecule has 2 aliphatic heterocycles. The van der Waals surface area contributed by atoms with E-state index in [2.05, 4.69) is 0 Å². The van der Waals surface area contributed by atoms with E-state index < -0.39 is 12.2 Å². The van der Waals surface area contributed by atoms with E-state index in [9.17, 15) is 10.2 Å². The molecule has 2 aliphatic rings. The Bertz CT molecular complexity index is 406. The van der Waals surface area contributed by atoms with Crippen LogP contribution in [0.4, 0.5) is 0 Å². The van der Waals surface area contributed by atoms with Crippen molar-refractivity contribution in [2.45, 2.75) is 24.4 Å². The summed E-state index contributed by atoms with van der Waals surface area (Å²) in [5.74, 6) is 1.22. The lowest BCUT2D eigenvalue weighted by molar-refractivity contribution is 0.0778. The molecule has 110 valence electrons. The van der Waals surface area contributed by atoms with Crippen molar-refractivity contribution in [2.24, 2.45) is 0 Å². The molecule has 0 amide bonds. The van der Waals surface area contributed by atoms with Crippen molar-refractivity contribution in [3.8, 4) is 11.5 Å². The highest BCUT2D eigenvalue weighted by Gasteiger charge is 2.32. The van der Waals surface area contributed by atoms with Crippen LogP contribution >= 0.6 is 0 Å². The monoisotopic (exact) mass is 282 g/mol. The summed E-state index contributed by atoms with van der Waals surface area (Å²) in [7, 11) is 0. The number of ether oxygens (including phenoxy) is 4. The van der Waals surface area contributed by atoms with Gasteiger partial charge < -0.3 is 29.2 Å². The van der Waals surface area contributed by atoms with Crippen LogP contribution in [0, 0.1) is 0 Å². The third kappa shape index (κ3) is 3.83. The lowest BCUT2D eigenvalue weighted by atomic mass is 10.3. The molecule has 20 heavy (non-hydrogen) atoms. The molecule has 2 fully saturated rings. The fourth-order valence-corrected chi connectivity index (χ4v) is 1.79. The first kappa shape index (κ1) is 13.6. The van der Waals surface area contributed by atoms with E-state index in [1.165, 1.54) is 0 Å².